The lowest BCUT2D eigenvalue weighted by atomic mass is 9.99. The molecule has 0 saturated carbocycles. The van der Waals surface area contributed by atoms with Crippen molar-refractivity contribution in [3.8, 4) is 0 Å². The Kier molecular flexibility index (Phi) is 7.24. The maximum absolute atomic E-state index is 12.8. The predicted molar refractivity (Wildman–Crippen MR) is 123 cm³/mol. The zero-order valence-electron chi connectivity index (χ0n) is 17.7. The highest BCUT2D eigenvalue weighted by Crippen LogP contribution is 2.18. The average Bonchev–Trinajstić information content (AvgIpc) is 2.85. The molecule has 4 rings (SSSR count). The summed E-state index contributed by atoms with van der Waals surface area (Å²) in [7, 11) is 0. The quantitative estimate of drug-likeness (QED) is 0.613. The average molecular weight is 416 g/mol. The van der Waals surface area contributed by atoms with Crippen LogP contribution in [0.25, 0.3) is 0 Å². The molecule has 1 unspecified atom stereocenters. The lowest BCUT2D eigenvalue weighted by Crippen LogP contribution is -2.49. The molecule has 31 heavy (non-hydrogen) atoms. The number of carbonyl (C=O) groups excluding carboxylic acids is 1. The van der Waals surface area contributed by atoms with Crippen LogP contribution in [0.4, 0.5) is 5.95 Å². The highest BCUT2D eigenvalue weighted by molar-refractivity contribution is 5.76. The summed E-state index contributed by atoms with van der Waals surface area (Å²) >= 11 is 0. The van der Waals surface area contributed by atoms with E-state index in [9.17, 15) is 4.79 Å². The van der Waals surface area contributed by atoms with Crippen LogP contribution >= 0.6 is 0 Å². The van der Waals surface area contributed by atoms with Gasteiger partial charge in [-0.1, -0.05) is 60.7 Å². The molecule has 2 heterocycles. The van der Waals surface area contributed by atoms with Gasteiger partial charge in [-0.2, -0.15) is 0 Å². The molecule has 1 N–H and O–H groups in total. The Labute approximate surface area is 183 Å². The van der Waals surface area contributed by atoms with Gasteiger partial charge in [0.25, 0.3) is 0 Å². The first-order valence-corrected chi connectivity index (χ1v) is 10.9. The van der Waals surface area contributed by atoms with Crippen molar-refractivity contribution in [3.05, 3.63) is 90.3 Å². The third-order valence-electron chi connectivity index (χ3n) is 5.68. The van der Waals surface area contributed by atoms with E-state index in [1.807, 2.05) is 23.1 Å². The predicted octanol–water partition coefficient (Wildman–Crippen LogP) is 3.09. The van der Waals surface area contributed by atoms with Gasteiger partial charge >= 0.3 is 0 Å². The highest BCUT2D eigenvalue weighted by Gasteiger charge is 2.22. The molecule has 1 atom stereocenters. The number of nitrogens with zero attached hydrogens (tertiary/aromatic N) is 4. The fraction of sp³-hybridized carbons (Fsp3) is 0.320. The number of amides is 1. The van der Waals surface area contributed by atoms with Crippen molar-refractivity contribution in [1.29, 1.82) is 0 Å². The van der Waals surface area contributed by atoms with Gasteiger partial charge in [0.05, 0.1) is 0 Å². The second kappa shape index (κ2) is 10.7. The maximum atomic E-state index is 12.8. The Hall–Kier alpha value is -3.25. The first-order valence-electron chi connectivity index (χ1n) is 10.9. The molecule has 1 aromatic heterocycles. The number of piperazine rings is 1. The summed E-state index contributed by atoms with van der Waals surface area (Å²) in [5, 5.41) is 3.61. The van der Waals surface area contributed by atoms with E-state index in [4.69, 9.17) is 0 Å². The van der Waals surface area contributed by atoms with Crippen LogP contribution < -0.4 is 10.2 Å². The lowest BCUT2D eigenvalue weighted by Gasteiger charge is -2.34. The standard InChI is InChI=1S/C25H29N5O/c31-24(29-16-18-30(19-17-29)25-27-13-7-14-28-25)12-15-26-23(22-10-5-2-6-11-22)20-21-8-3-1-4-9-21/h1-11,13-14,23,26H,12,15-20H2. The number of hydrogen-bond donors (Lipinski definition) is 1. The molecule has 0 aliphatic carbocycles. The Morgan fingerprint density at radius 2 is 1.52 bits per heavy atom. The van der Waals surface area contributed by atoms with Crippen molar-refractivity contribution in [2.45, 2.75) is 18.9 Å². The molecule has 1 aliphatic rings. The van der Waals surface area contributed by atoms with Gasteiger partial charge in [-0.15, -0.1) is 0 Å². The van der Waals surface area contributed by atoms with Gasteiger partial charge in [-0.05, 0) is 23.6 Å². The Balaban J connectivity index is 1.28. The molecule has 1 amide bonds. The molecule has 2 aromatic carbocycles. The highest BCUT2D eigenvalue weighted by atomic mass is 16.2. The van der Waals surface area contributed by atoms with Crippen LogP contribution in [0, 0.1) is 0 Å². The van der Waals surface area contributed by atoms with E-state index >= 15 is 0 Å². The van der Waals surface area contributed by atoms with Crippen LogP contribution in [0.1, 0.15) is 23.6 Å². The van der Waals surface area contributed by atoms with Crippen LogP contribution in [-0.4, -0.2) is 53.5 Å². The minimum atomic E-state index is 0.184. The minimum absolute atomic E-state index is 0.184. The van der Waals surface area contributed by atoms with Gasteiger partial charge in [0, 0.05) is 57.6 Å². The van der Waals surface area contributed by atoms with Crippen LogP contribution in [0.3, 0.4) is 0 Å². The molecule has 6 heteroatoms. The first kappa shape index (κ1) is 21.0. The van der Waals surface area contributed by atoms with Gasteiger partial charge < -0.3 is 15.1 Å². The SMILES string of the molecule is O=C(CCNC(Cc1ccccc1)c1ccccc1)N1CCN(c2ncccn2)CC1. The zero-order valence-corrected chi connectivity index (χ0v) is 17.7. The summed E-state index contributed by atoms with van der Waals surface area (Å²) in [5.74, 6) is 0.940. The van der Waals surface area contributed by atoms with E-state index in [1.165, 1.54) is 11.1 Å². The van der Waals surface area contributed by atoms with Crippen molar-refractivity contribution in [3.63, 3.8) is 0 Å². The molecular weight excluding hydrogens is 386 g/mol. The van der Waals surface area contributed by atoms with Crippen molar-refractivity contribution < 1.29 is 4.79 Å². The zero-order chi connectivity index (χ0) is 21.3. The summed E-state index contributed by atoms with van der Waals surface area (Å²) in [6, 6.07) is 22.9. The summed E-state index contributed by atoms with van der Waals surface area (Å²) in [6.45, 7) is 3.62. The van der Waals surface area contributed by atoms with E-state index in [1.54, 1.807) is 12.4 Å². The van der Waals surface area contributed by atoms with E-state index in [-0.39, 0.29) is 11.9 Å². The number of hydrogen-bond acceptors (Lipinski definition) is 5. The summed E-state index contributed by atoms with van der Waals surface area (Å²) in [6.07, 6.45) is 4.91. The normalized spacial score (nSPS) is 15.0. The molecule has 1 saturated heterocycles. The summed E-state index contributed by atoms with van der Waals surface area (Å²) in [4.78, 5) is 25.5. The lowest BCUT2D eigenvalue weighted by molar-refractivity contribution is -0.131. The monoisotopic (exact) mass is 415 g/mol. The Morgan fingerprint density at radius 3 is 2.19 bits per heavy atom. The van der Waals surface area contributed by atoms with Crippen molar-refractivity contribution in [1.82, 2.24) is 20.2 Å². The molecule has 0 spiro atoms. The number of anilines is 1. The maximum Gasteiger partial charge on any atom is 0.225 e. The van der Waals surface area contributed by atoms with Crippen molar-refractivity contribution in [2.24, 2.45) is 0 Å². The number of carbonyl (C=O) groups is 1. The Morgan fingerprint density at radius 1 is 0.871 bits per heavy atom. The summed E-state index contributed by atoms with van der Waals surface area (Å²) in [5.41, 5.74) is 2.53. The molecule has 1 aliphatic heterocycles. The van der Waals surface area contributed by atoms with Gasteiger partial charge in [0.15, 0.2) is 0 Å². The number of aromatic nitrogens is 2. The van der Waals surface area contributed by atoms with E-state index < -0.39 is 0 Å². The smallest absolute Gasteiger partial charge is 0.225 e. The second-order valence-electron chi connectivity index (χ2n) is 7.77. The fourth-order valence-electron chi connectivity index (χ4n) is 3.96. The van der Waals surface area contributed by atoms with E-state index in [0.29, 0.717) is 26.1 Å². The van der Waals surface area contributed by atoms with Gasteiger partial charge in [0.2, 0.25) is 11.9 Å². The number of rotatable bonds is 8. The number of benzene rings is 2. The van der Waals surface area contributed by atoms with Crippen molar-refractivity contribution >= 4 is 11.9 Å². The molecular formula is C25H29N5O. The third-order valence-corrected chi connectivity index (χ3v) is 5.68. The van der Waals surface area contributed by atoms with E-state index in [2.05, 4.69) is 68.7 Å². The third kappa shape index (κ3) is 5.89. The molecule has 1 fully saturated rings. The van der Waals surface area contributed by atoms with Crippen LogP contribution in [0.5, 0.6) is 0 Å². The fourth-order valence-corrected chi connectivity index (χ4v) is 3.96. The van der Waals surface area contributed by atoms with E-state index in [0.717, 1.165) is 25.5 Å². The second-order valence-corrected chi connectivity index (χ2v) is 7.77. The minimum Gasteiger partial charge on any atom is -0.339 e. The molecule has 0 radical (unpaired) electrons. The van der Waals surface area contributed by atoms with Gasteiger partial charge in [0.1, 0.15) is 0 Å². The van der Waals surface area contributed by atoms with Crippen LogP contribution in [0.15, 0.2) is 79.1 Å². The van der Waals surface area contributed by atoms with Gasteiger partial charge in [-0.25, -0.2) is 9.97 Å². The largest absolute Gasteiger partial charge is 0.339 e. The molecule has 160 valence electrons. The topological polar surface area (TPSA) is 61.4 Å². The molecule has 0 bridgehead atoms. The molecule has 3 aromatic rings. The van der Waals surface area contributed by atoms with Gasteiger partial charge in [-0.3, -0.25) is 4.79 Å². The van der Waals surface area contributed by atoms with Crippen LogP contribution in [-0.2, 0) is 11.2 Å². The first-order chi connectivity index (χ1) is 15.3. The number of nitrogens with one attached hydrogen (secondary N) is 1. The van der Waals surface area contributed by atoms with Crippen molar-refractivity contribution in [2.75, 3.05) is 37.6 Å². The van der Waals surface area contributed by atoms with Crippen LogP contribution in [0.2, 0.25) is 0 Å². The summed E-state index contributed by atoms with van der Waals surface area (Å²) < 4.78 is 0. The molecule has 6 nitrogen and oxygen atoms in total. The Bertz CT molecular complexity index is 928.